The first-order chi connectivity index (χ1) is 6.64. The van der Waals surface area contributed by atoms with Crippen LogP contribution in [0.25, 0.3) is 0 Å². The molecule has 0 heterocycles. The van der Waals surface area contributed by atoms with Crippen LogP contribution in [0.15, 0.2) is 0 Å². The van der Waals surface area contributed by atoms with E-state index in [0.717, 1.165) is 17.6 Å². The lowest BCUT2D eigenvalue weighted by molar-refractivity contribution is 0.288. The zero-order valence-electron chi connectivity index (χ0n) is 9.08. The van der Waals surface area contributed by atoms with Gasteiger partial charge in [-0.25, -0.2) is 0 Å². The van der Waals surface area contributed by atoms with Gasteiger partial charge in [-0.15, -0.1) is 0 Å². The first-order valence-corrected chi connectivity index (χ1v) is 7.08. The van der Waals surface area contributed by atoms with Crippen molar-refractivity contribution in [1.82, 2.24) is 0 Å². The molecule has 2 aliphatic carbocycles. The van der Waals surface area contributed by atoms with Crippen molar-refractivity contribution in [3.8, 4) is 0 Å². The molecule has 0 saturated heterocycles. The lowest BCUT2D eigenvalue weighted by Crippen LogP contribution is -2.24. The highest BCUT2D eigenvalue weighted by atomic mass is 32.1. The summed E-state index contributed by atoms with van der Waals surface area (Å²) in [7, 11) is 0. The van der Waals surface area contributed by atoms with Crippen molar-refractivity contribution in [3.05, 3.63) is 0 Å². The molecule has 2 saturated carbocycles. The Kier molecular flexibility index (Phi) is 3.43. The van der Waals surface area contributed by atoms with Gasteiger partial charge in [-0.3, -0.25) is 0 Å². The third-order valence-electron chi connectivity index (χ3n) is 4.37. The van der Waals surface area contributed by atoms with Gasteiger partial charge in [-0.2, -0.15) is 25.3 Å². The molecule has 4 atom stereocenters. The molecule has 0 amide bonds. The molecule has 0 bridgehead atoms. The summed E-state index contributed by atoms with van der Waals surface area (Å²) in [4.78, 5) is 0. The van der Waals surface area contributed by atoms with Crippen LogP contribution < -0.4 is 0 Å². The third kappa shape index (κ3) is 2.11. The highest BCUT2D eigenvalue weighted by Crippen LogP contribution is 2.54. The maximum Gasteiger partial charge on any atom is 0.00479 e. The van der Waals surface area contributed by atoms with E-state index in [1.807, 2.05) is 0 Å². The Morgan fingerprint density at radius 3 is 2.71 bits per heavy atom. The summed E-state index contributed by atoms with van der Waals surface area (Å²) in [6, 6.07) is 0. The number of hydrogen-bond donors (Lipinski definition) is 2. The van der Waals surface area contributed by atoms with Gasteiger partial charge in [0, 0.05) is 5.25 Å². The summed E-state index contributed by atoms with van der Waals surface area (Å²) >= 11 is 9.15. The van der Waals surface area contributed by atoms with Gasteiger partial charge in [0.05, 0.1) is 0 Å². The van der Waals surface area contributed by atoms with Gasteiger partial charge in [0.1, 0.15) is 0 Å². The zero-order valence-corrected chi connectivity index (χ0v) is 10.9. The average molecular weight is 230 g/mol. The third-order valence-corrected chi connectivity index (χ3v) is 5.24. The smallest absolute Gasteiger partial charge is 0.00479 e. The van der Waals surface area contributed by atoms with Gasteiger partial charge >= 0.3 is 0 Å². The van der Waals surface area contributed by atoms with Crippen molar-refractivity contribution < 1.29 is 0 Å². The Hall–Kier alpha value is 0.700. The van der Waals surface area contributed by atoms with Crippen LogP contribution in [0.4, 0.5) is 0 Å². The van der Waals surface area contributed by atoms with Crippen LogP contribution in [0.2, 0.25) is 0 Å². The monoisotopic (exact) mass is 230 g/mol. The van der Waals surface area contributed by atoms with Gasteiger partial charge in [-0.05, 0) is 48.7 Å². The van der Waals surface area contributed by atoms with Crippen LogP contribution in [0, 0.1) is 17.3 Å². The molecular formula is C12H22S2. The van der Waals surface area contributed by atoms with Gasteiger partial charge in [0.25, 0.3) is 0 Å². The van der Waals surface area contributed by atoms with E-state index < -0.39 is 0 Å². The Morgan fingerprint density at radius 2 is 2.07 bits per heavy atom. The SMILES string of the molecule is CC1(CCS)CC2CCCC(S)C2C1. The molecular weight excluding hydrogens is 208 g/mol. The molecule has 0 aromatic heterocycles. The Labute approximate surface area is 99.1 Å². The predicted octanol–water partition coefficient (Wildman–Crippen LogP) is 3.82. The molecule has 0 aromatic carbocycles. The summed E-state index contributed by atoms with van der Waals surface area (Å²) in [5, 5.41) is 0.690. The lowest BCUT2D eigenvalue weighted by atomic mass is 9.81. The van der Waals surface area contributed by atoms with Crippen molar-refractivity contribution in [2.75, 3.05) is 5.75 Å². The van der Waals surface area contributed by atoms with E-state index in [2.05, 4.69) is 19.6 Å². The molecule has 0 radical (unpaired) electrons. The summed E-state index contributed by atoms with van der Waals surface area (Å²) in [5.41, 5.74) is 0.586. The summed E-state index contributed by atoms with van der Waals surface area (Å²) < 4.78 is 0. The van der Waals surface area contributed by atoms with E-state index in [9.17, 15) is 0 Å². The second-order valence-electron chi connectivity index (χ2n) is 5.61. The van der Waals surface area contributed by atoms with E-state index in [-0.39, 0.29) is 0 Å². The van der Waals surface area contributed by atoms with E-state index in [1.54, 1.807) is 0 Å². The minimum Gasteiger partial charge on any atom is -0.179 e. The Bertz CT molecular complexity index is 204. The quantitative estimate of drug-likeness (QED) is 0.662. The van der Waals surface area contributed by atoms with E-state index in [4.69, 9.17) is 12.6 Å². The molecule has 0 aliphatic heterocycles. The second-order valence-corrected chi connectivity index (χ2v) is 6.73. The molecule has 0 aromatic rings. The van der Waals surface area contributed by atoms with Crippen molar-refractivity contribution in [2.45, 2.75) is 50.7 Å². The summed E-state index contributed by atoms with van der Waals surface area (Å²) in [5.74, 6) is 2.95. The molecule has 2 heteroatoms. The normalized spacial score (nSPS) is 47.8. The zero-order chi connectivity index (χ0) is 10.2. The summed E-state index contributed by atoms with van der Waals surface area (Å²) in [6.07, 6.45) is 8.36. The van der Waals surface area contributed by atoms with E-state index in [1.165, 1.54) is 38.5 Å². The lowest BCUT2D eigenvalue weighted by Gasteiger charge is -2.30. The number of rotatable bonds is 2. The fourth-order valence-electron chi connectivity index (χ4n) is 3.65. The fraction of sp³-hybridized carbons (Fsp3) is 1.00. The Morgan fingerprint density at radius 1 is 1.29 bits per heavy atom. The number of fused-ring (bicyclic) bond motifs is 1. The summed E-state index contributed by atoms with van der Waals surface area (Å²) in [6.45, 7) is 2.46. The maximum absolute atomic E-state index is 4.76. The van der Waals surface area contributed by atoms with Gasteiger partial charge in [-0.1, -0.05) is 19.8 Å². The molecule has 82 valence electrons. The highest BCUT2D eigenvalue weighted by molar-refractivity contribution is 7.81. The van der Waals surface area contributed by atoms with Crippen molar-refractivity contribution in [3.63, 3.8) is 0 Å². The maximum atomic E-state index is 4.76. The molecule has 0 N–H and O–H groups in total. The van der Waals surface area contributed by atoms with E-state index >= 15 is 0 Å². The van der Waals surface area contributed by atoms with Gasteiger partial charge in [0.15, 0.2) is 0 Å². The molecule has 14 heavy (non-hydrogen) atoms. The molecule has 2 fully saturated rings. The largest absolute Gasteiger partial charge is 0.179 e. The minimum absolute atomic E-state index is 0.586. The van der Waals surface area contributed by atoms with Crippen LogP contribution >= 0.6 is 25.3 Å². The van der Waals surface area contributed by atoms with Crippen LogP contribution in [0.1, 0.15) is 45.4 Å². The second kappa shape index (κ2) is 4.29. The highest BCUT2D eigenvalue weighted by Gasteiger charge is 2.45. The average Bonchev–Trinajstić information content (AvgIpc) is 2.44. The van der Waals surface area contributed by atoms with Crippen molar-refractivity contribution >= 4 is 25.3 Å². The molecule has 2 rings (SSSR count). The van der Waals surface area contributed by atoms with Crippen molar-refractivity contribution in [2.24, 2.45) is 17.3 Å². The standard InChI is InChI=1S/C12H22S2/c1-12(5-6-13)7-9-3-2-4-11(14)10(9)8-12/h9-11,13-14H,2-8H2,1H3. The van der Waals surface area contributed by atoms with Crippen LogP contribution in [0.5, 0.6) is 0 Å². The first-order valence-electron chi connectivity index (χ1n) is 5.93. The van der Waals surface area contributed by atoms with Crippen LogP contribution in [-0.4, -0.2) is 11.0 Å². The molecule has 4 unspecified atom stereocenters. The van der Waals surface area contributed by atoms with Crippen LogP contribution in [0.3, 0.4) is 0 Å². The van der Waals surface area contributed by atoms with E-state index in [0.29, 0.717) is 10.7 Å². The Balaban J connectivity index is 2.03. The molecule has 2 aliphatic rings. The fourth-order valence-corrected chi connectivity index (χ4v) is 4.72. The van der Waals surface area contributed by atoms with Gasteiger partial charge < -0.3 is 0 Å². The van der Waals surface area contributed by atoms with Crippen molar-refractivity contribution in [1.29, 1.82) is 0 Å². The molecule has 0 nitrogen and oxygen atoms in total. The van der Waals surface area contributed by atoms with Crippen LogP contribution in [-0.2, 0) is 0 Å². The minimum atomic E-state index is 0.586. The topological polar surface area (TPSA) is 0 Å². The number of thiol groups is 2. The number of hydrogen-bond acceptors (Lipinski definition) is 2. The predicted molar refractivity (Wildman–Crippen MR) is 69.4 cm³/mol. The molecule has 0 spiro atoms. The van der Waals surface area contributed by atoms with Gasteiger partial charge in [0.2, 0.25) is 0 Å². The first kappa shape index (κ1) is 11.2.